The van der Waals surface area contributed by atoms with E-state index in [1.165, 1.54) is 36.0 Å². The van der Waals surface area contributed by atoms with Crippen molar-refractivity contribution < 1.29 is 13.2 Å². The maximum absolute atomic E-state index is 12.4. The van der Waals surface area contributed by atoms with Crippen molar-refractivity contribution in [2.24, 2.45) is 0 Å². The van der Waals surface area contributed by atoms with E-state index in [4.69, 9.17) is 0 Å². The third-order valence-corrected chi connectivity index (χ3v) is 6.47. The number of hydrogen-bond acceptors (Lipinski definition) is 4. The first-order valence-corrected chi connectivity index (χ1v) is 11.4. The lowest BCUT2D eigenvalue weighted by Crippen LogP contribution is -2.21. The fourth-order valence-electron chi connectivity index (χ4n) is 3.10. The van der Waals surface area contributed by atoms with Crippen molar-refractivity contribution in [3.63, 3.8) is 0 Å². The third kappa shape index (κ3) is 5.16. The van der Waals surface area contributed by atoms with Gasteiger partial charge in [0.05, 0.1) is 10.6 Å². The average molecular weight is 378 g/mol. The normalized spacial score (nSPS) is 14.6. The van der Waals surface area contributed by atoms with Gasteiger partial charge in [-0.3, -0.25) is 4.79 Å². The van der Waals surface area contributed by atoms with Gasteiger partial charge in [0.1, 0.15) is 0 Å². The van der Waals surface area contributed by atoms with Crippen LogP contribution in [0.4, 0.5) is 0 Å². The molecule has 0 bridgehead atoms. The van der Waals surface area contributed by atoms with Gasteiger partial charge in [-0.05, 0) is 48.4 Å². The molecule has 1 amide bonds. The molecule has 0 unspecified atom stereocenters. The molecule has 1 aromatic heterocycles. The zero-order valence-electron chi connectivity index (χ0n) is 14.4. The number of fused-ring (bicyclic) bond motifs is 1. The Morgan fingerprint density at radius 1 is 1.08 bits per heavy atom. The highest BCUT2D eigenvalue weighted by molar-refractivity contribution is 7.89. The Kier molecular flexibility index (Phi) is 5.59. The lowest BCUT2D eigenvalue weighted by atomic mass is 10.1. The molecule has 1 aromatic carbocycles. The lowest BCUT2D eigenvalue weighted by Gasteiger charge is -2.05. The van der Waals surface area contributed by atoms with Gasteiger partial charge in [-0.2, -0.15) is 0 Å². The highest BCUT2D eigenvalue weighted by Crippen LogP contribution is 2.28. The zero-order chi connectivity index (χ0) is 17.9. The SMILES string of the molecule is CS(=O)(=O)Cc1ccc(CNC(=O)c2cc3c(s2)CCCCC3)cc1. The molecule has 0 fully saturated rings. The van der Waals surface area contributed by atoms with Crippen molar-refractivity contribution in [3.05, 3.63) is 56.8 Å². The van der Waals surface area contributed by atoms with Crippen LogP contribution in [-0.4, -0.2) is 20.6 Å². The van der Waals surface area contributed by atoms with E-state index in [0.29, 0.717) is 6.54 Å². The van der Waals surface area contributed by atoms with Crippen LogP contribution in [0.25, 0.3) is 0 Å². The smallest absolute Gasteiger partial charge is 0.261 e. The van der Waals surface area contributed by atoms with Gasteiger partial charge in [0.2, 0.25) is 0 Å². The summed E-state index contributed by atoms with van der Waals surface area (Å²) in [7, 11) is -3.02. The number of amides is 1. The Labute approximate surface area is 153 Å². The zero-order valence-corrected chi connectivity index (χ0v) is 16.0. The van der Waals surface area contributed by atoms with Gasteiger partial charge in [-0.25, -0.2) is 8.42 Å². The molecule has 2 aromatic rings. The van der Waals surface area contributed by atoms with Gasteiger partial charge in [0.25, 0.3) is 5.91 Å². The first-order valence-electron chi connectivity index (χ1n) is 8.56. The molecule has 6 heteroatoms. The maximum atomic E-state index is 12.4. The molecule has 0 radical (unpaired) electrons. The molecular formula is C19H23NO3S2. The Balaban J connectivity index is 1.59. The summed E-state index contributed by atoms with van der Waals surface area (Å²) in [6.45, 7) is 0.445. The summed E-state index contributed by atoms with van der Waals surface area (Å²) in [5, 5.41) is 2.96. The van der Waals surface area contributed by atoms with Gasteiger partial charge < -0.3 is 5.32 Å². The number of rotatable bonds is 5. The topological polar surface area (TPSA) is 63.2 Å². The number of sulfone groups is 1. The minimum Gasteiger partial charge on any atom is -0.347 e. The summed E-state index contributed by atoms with van der Waals surface area (Å²) in [5.41, 5.74) is 3.07. The number of carbonyl (C=O) groups is 1. The van der Waals surface area contributed by atoms with E-state index in [0.717, 1.165) is 28.8 Å². The van der Waals surface area contributed by atoms with Crippen LogP contribution in [0.3, 0.4) is 0 Å². The molecule has 1 aliphatic carbocycles. The molecule has 0 spiro atoms. The number of aryl methyl sites for hydroxylation is 2. The molecule has 1 heterocycles. The third-order valence-electron chi connectivity index (χ3n) is 4.38. The second-order valence-corrected chi connectivity index (χ2v) is 9.97. The van der Waals surface area contributed by atoms with Crippen LogP contribution in [-0.2, 0) is 35.0 Å². The average Bonchev–Trinajstić information content (AvgIpc) is 2.83. The van der Waals surface area contributed by atoms with Crippen molar-refractivity contribution in [1.29, 1.82) is 0 Å². The van der Waals surface area contributed by atoms with Gasteiger partial charge in [0, 0.05) is 17.7 Å². The predicted octanol–water partition coefficient (Wildman–Crippen LogP) is 3.49. The number of nitrogens with one attached hydrogen (secondary N) is 1. The summed E-state index contributed by atoms with van der Waals surface area (Å²) < 4.78 is 22.6. The summed E-state index contributed by atoms with van der Waals surface area (Å²) in [4.78, 5) is 14.6. The van der Waals surface area contributed by atoms with E-state index in [1.807, 2.05) is 12.1 Å². The molecule has 134 valence electrons. The quantitative estimate of drug-likeness (QED) is 0.811. The van der Waals surface area contributed by atoms with Crippen LogP contribution < -0.4 is 5.32 Å². The molecule has 1 aliphatic rings. The monoisotopic (exact) mass is 377 g/mol. The molecular weight excluding hydrogens is 354 g/mol. The summed E-state index contributed by atoms with van der Waals surface area (Å²) in [5.74, 6) is 0.0127. The van der Waals surface area contributed by atoms with Gasteiger partial charge >= 0.3 is 0 Å². The van der Waals surface area contributed by atoms with Crippen molar-refractivity contribution in [2.45, 2.75) is 44.4 Å². The van der Waals surface area contributed by atoms with E-state index < -0.39 is 9.84 Å². The Bertz CT molecular complexity index is 828. The van der Waals surface area contributed by atoms with Crippen molar-refractivity contribution in [3.8, 4) is 0 Å². The van der Waals surface area contributed by atoms with Crippen molar-refractivity contribution in [2.75, 3.05) is 6.26 Å². The number of thiophene rings is 1. The first-order chi connectivity index (χ1) is 11.9. The minimum atomic E-state index is -3.02. The van der Waals surface area contributed by atoms with E-state index in [1.54, 1.807) is 23.5 Å². The molecule has 4 nitrogen and oxygen atoms in total. The summed E-state index contributed by atoms with van der Waals surface area (Å²) >= 11 is 1.62. The van der Waals surface area contributed by atoms with Crippen molar-refractivity contribution >= 4 is 27.1 Å². The molecule has 0 saturated heterocycles. The fraction of sp³-hybridized carbons (Fsp3) is 0.421. The van der Waals surface area contributed by atoms with Crippen LogP contribution in [0.5, 0.6) is 0 Å². The van der Waals surface area contributed by atoms with E-state index in [-0.39, 0.29) is 11.7 Å². The second-order valence-electron chi connectivity index (χ2n) is 6.69. The van der Waals surface area contributed by atoms with Crippen LogP contribution in [0.15, 0.2) is 30.3 Å². The second kappa shape index (κ2) is 7.70. The Morgan fingerprint density at radius 2 is 1.76 bits per heavy atom. The standard InChI is InChI=1S/C19H23NO3S2/c1-25(22,23)13-15-9-7-14(8-10-15)12-20-19(21)18-11-16-5-3-2-4-6-17(16)24-18/h7-11H,2-6,12-13H2,1H3,(H,20,21). The fourth-order valence-corrected chi connectivity index (χ4v) is 5.07. The van der Waals surface area contributed by atoms with Crippen LogP contribution >= 0.6 is 11.3 Å². The van der Waals surface area contributed by atoms with Crippen LogP contribution in [0, 0.1) is 0 Å². The summed E-state index contributed by atoms with van der Waals surface area (Å²) in [6.07, 6.45) is 7.11. The molecule has 25 heavy (non-hydrogen) atoms. The highest BCUT2D eigenvalue weighted by atomic mass is 32.2. The minimum absolute atomic E-state index is 0.0294. The number of benzene rings is 1. The molecule has 1 N–H and O–H groups in total. The number of carbonyl (C=O) groups excluding carboxylic acids is 1. The van der Waals surface area contributed by atoms with E-state index >= 15 is 0 Å². The predicted molar refractivity (Wildman–Crippen MR) is 102 cm³/mol. The lowest BCUT2D eigenvalue weighted by molar-refractivity contribution is 0.0955. The molecule has 0 atom stereocenters. The number of hydrogen-bond donors (Lipinski definition) is 1. The van der Waals surface area contributed by atoms with Crippen LogP contribution in [0.1, 0.15) is 50.5 Å². The molecule has 0 aliphatic heterocycles. The van der Waals surface area contributed by atoms with E-state index in [2.05, 4.69) is 11.4 Å². The van der Waals surface area contributed by atoms with Crippen LogP contribution in [0.2, 0.25) is 0 Å². The van der Waals surface area contributed by atoms with Gasteiger partial charge in [-0.1, -0.05) is 30.7 Å². The van der Waals surface area contributed by atoms with E-state index in [9.17, 15) is 13.2 Å². The summed E-state index contributed by atoms with van der Waals surface area (Å²) in [6, 6.07) is 9.39. The molecule has 0 saturated carbocycles. The molecule has 3 rings (SSSR count). The maximum Gasteiger partial charge on any atom is 0.261 e. The van der Waals surface area contributed by atoms with Gasteiger partial charge in [0.15, 0.2) is 9.84 Å². The first kappa shape index (κ1) is 18.1. The van der Waals surface area contributed by atoms with Gasteiger partial charge in [-0.15, -0.1) is 11.3 Å². The van der Waals surface area contributed by atoms with Crippen molar-refractivity contribution in [1.82, 2.24) is 5.32 Å². The largest absolute Gasteiger partial charge is 0.347 e. The highest BCUT2D eigenvalue weighted by Gasteiger charge is 2.16. The Morgan fingerprint density at radius 3 is 2.48 bits per heavy atom. The Hall–Kier alpha value is -1.66.